The lowest BCUT2D eigenvalue weighted by molar-refractivity contribution is -0.131. The highest BCUT2D eigenvalue weighted by Crippen LogP contribution is 2.24. The number of carbonyl (C=O) groups is 1. The fourth-order valence-electron chi connectivity index (χ4n) is 3.04. The number of piperidine rings is 1. The van der Waals surface area contributed by atoms with Crippen LogP contribution in [-0.2, 0) is 4.79 Å². The standard InChI is InChI=1S/C14H26N2O/c1-10-5-4-6-15-13(10)7-14(17)16-8-11(2)12(3)9-16/h10-13,15H,4-9H2,1-3H3. The third-order valence-corrected chi connectivity index (χ3v) is 4.67. The fourth-order valence-corrected chi connectivity index (χ4v) is 3.04. The number of carbonyl (C=O) groups excluding carboxylic acids is 1. The lowest BCUT2D eigenvalue weighted by Crippen LogP contribution is -2.44. The molecule has 0 spiro atoms. The summed E-state index contributed by atoms with van der Waals surface area (Å²) < 4.78 is 0. The second kappa shape index (κ2) is 5.38. The predicted octanol–water partition coefficient (Wildman–Crippen LogP) is 1.88. The van der Waals surface area contributed by atoms with Gasteiger partial charge < -0.3 is 10.2 Å². The second-order valence-electron chi connectivity index (χ2n) is 6.14. The maximum Gasteiger partial charge on any atom is 0.224 e. The number of likely N-dealkylation sites (tertiary alicyclic amines) is 1. The molecule has 3 nitrogen and oxygen atoms in total. The topological polar surface area (TPSA) is 32.3 Å². The van der Waals surface area contributed by atoms with Crippen LogP contribution in [0.15, 0.2) is 0 Å². The molecule has 4 atom stereocenters. The Morgan fingerprint density at radius 1 is 1.18 bits per heavy atom. The van der Waals surface area contributed by atoms with E-state index in [1.807, 2.05) is 0 Å². The first-order chi connectivity index (χ1) is 8.08. The van der Waals surface area contributed by atoms with E-state index in [2.05, 4.69) is 31.0 Å². The van der Waals surface area contributed by atoms with Gasteiger partial charge in [0.15, 0.2) is 0 Å². The molecule has 98 valence electrons. The van der Waals surface area contributed by atoms with E-state index in [0.717, 1.165) is 19.6 Å². The molecule has 0 radical (unpaired) electrons. The lowest BCUT2D eigenvalue weighted by atomic mass is 9.90. The normalized spacial score (nSPS) is 38.4. The molecule has 0 saturated carbocycles. The van der Waals surface area contributed by atoms with Gasteiger partial charge in [0, 0.05) is 25.6 Å². The number of nitrogens with zero attached hydrogens (tertiary/aromatic N) is 1. The molecule has 2 fully saturated rings. The van der Waals surface area contributed by atoms with E-state index >= 15 is 0 Å². The van der Waals surface area contributed by atoms with Crippen molar-refractivity contribution in [1.82, 2.24) is 10.2 Å². The molecular weight excluding hydrogens is 212 g/mol. The molecule has 0 aromatic carbocycles. The fraction of sp³-hybridized carbons (Fsp3) is 0.929. The summed E-state index contributed by atoms with van der Waals surface area (Å²) in [4.78, 5) is 14.3. The summed E-state index contributed by atoms with van der Waals surface area (Å²) in [5.41, 5.74) is 0. The molecule has 4 unspecified atom stereocenters. The number of nitrogens with one attached hydrogen (secondary N) is 1. The SMILES string of the molecule is CC1CN(C(=O)CC2NCCCC2C)CC1C. The third kappa shape index (κ3) is 3.01. The van der Waals surface area contributed by atoms with E-state index < -0.39 is 0 Å². The van der Waals surface area contributed by atoms with E-state index in [-0.39, 0.29) is 0 Å². The Morgan fingerprint density at radius 2 is 1.82 bits per heavy atom. The smallest absolute Gasteiger partial charge is 0.224 e. The van der Waals surface area contributed by atoms with Gasteiger partial charge in [-0.25, -0.2) is 0 Å². The van der Waals surface area contributed by atoms with Gasteiger partial charge in [-0.2, -0.15) is 0 Å². The Morgan fingerprint density at radius 3 is 2.41 bits per heavy atom. The average Bonchev–Trinajstić information content (AvgIpc) is 2.63. The van der Waals surface area contributed by atoms with Crippen LogP contribution in [0, 0.1) is 17.8 Å². The molecule has 3 heteroatoms. The molecule has 2 rings (SSSR count). The highest BCUT2D eigenvalue weighted by Gasteiger charge is 2.31. The number of rotatable bonds is 2. The molecule has 2 heterocycles. The highest BCUT2D eigenvalue weighted by atomic mass is 16.2. The molecule has 1 N–H and O–H groups in total. The Balaban J connectivity index is 1.84. The van der Waals surface area contributed by atoms with Crippen LogP contribution in [-0.4, -0.2) is 36.5 Å². The van der Waals surface area contributed by atoms with Crippen LogP contribution >= 0.6 is 0 Å². The monoisotopic (exact) mass is 238 g/mol. The quantitative estimate of drug-likeness (QED) is 0.796. The van der Waals surface area contributed by atoms with Crippen LogP contribution in [0.25, 0.3) is 0 Å². The maximum absolute atomic E-state index is 12.2. The molecule has 0 aromatic rings. The van der Waals surface area contributed by atoms with Crippen molar-refractivity contribution in [3.05, 3.63) is 0 Å². The molecule has 2 saturated heterocycles. The van der Waals surface area contributed by atoms with Gasteiger partial charge in [0.1, 0.15) is 0 Å². The second-order valence-corrected chi connectivity index (χ2v) is 6.14. The largest absolute Gasteiger partial charge is 0.342 e. The summed E-state index contributed by atoms with van der Waals surface area (Å²) >= 11 is 0. The first-order valence-corrected chi connectivity index (χ1v) is 7.09. The van der Waals surface area contributed by atoms with Crippen LogP contribution in [0.4, 0.5) is 0 Å². The van der Waals surface area contributed by atoms with Crippen molar-refractivity contribution < 1.29 is 4.79 Å². The molecule has 17 heavy (non-hydrogen) atoms. The number of hydrogen-bond donors (Lipinski definition) is 1. The van der Waals surface area contributed by atoms with Crippen molar-refractivity contribution in [2.75, 3.05) is 19.6 Å². The minimum Gasteiger partial charge on any atom is -0.342 e. The summed E-state index contributed by atoms with van der Waals surface area (Å²) in [5.74, 6) is 2.32. The zero-order chi connectivity index (χ0) is 12.4. The number of hydrogen-bond acceptors (Lipinski definition) is 2. The Labute approximate surface area is 105 Å². The molecule has 0 bridgehead atoms. The molecule has 0 aromatic heterocycles. The van der Waals surface area contributed by atoms with Crippen LogP contribution in [0.5, 0.6) is 0 Å². The van der Waals surface area contributed by atoms with E-state index in [1.54, 1.807) is 0 Å². The Hall–Kier alpha value is -0.570. The van der Waals surface area contributed by atoms with E-state index in [0.29, 0.717) is 36.1 Å². The van der Waals surface area contributed by atoms with Gasteiger partial charge in [-0.3, -0.25) is 4.79 Å². The van der Waals surface area contributed by atoms with Crippen molar-refractivity contribution in [1.29, 1.82) is 0 Å². The van der Waals surface area contributed by atoms with Gasteiger partial charge in [-0.1, -0.05) is 20.8 Å². The van der Waals surface area contributed by atoms with Crippen molar-refractivity contribution in [2.45, 2.75) is 46.1 Å². The summed E-state index contributed by atoms with van der Waals surface area (Å²) in [6.45, 7) is 9.76. The van der Waals surface area contributed by atoms with E-state index in [4.69, 9.17) is 0 Å². The minimum absolute atomic E-state index is 0.354. The van der Waals surface area contributed by atoms with E-state index in [1.165, 1.54) is 12.8 Å². The van der Waals surface area contributed by atoms with Gasteiger partial charge in [0.05, 0.1) is 0 Å². The van der Waals surface area contributed by atoms with Gasteiger partial charge >= 0.3 is 0 Å². The van der Waals surface area contributed by atoms with Gasteiger partial charge in [-0.15, -0.1) is 0 Å². The molecule has 1 amide bonds. The minimum atomic E-state index is 0.354. The molecular formula is C14H26N2O. The van der Waals surface area contributed by atoms with Gasteiger partial charge in [-0.05, 0) is 37.1 Å². The first kappa shape index (κ1) is 12.9. The summed E-state index contributed by atoms with van der Waals surface area (Å²) in [6, 6.07) is 0.405. The zero-order valence-electron chi connectivity index (χ0n) is 11.4. The van der Waals surface area contributed by atoms with Crippen LogP contribution in [0.3, 0.4) is 0 Å². The lowest BCUT2D eigenvalue weighted by Gasteiger charge is -2.31. The van der Waals surface area contributed by atoms with Crippen LogP contribution < -0.4 is 5.32 Å². The van der Waals surface area contributed by atoms with Gasteiger partial charge in [0.2, 0.25) is 5.91 Å². The third-order valence-electron chi connectivity index (χ3n) is 4.67. The van der Waals surface area contributed by atoms with Crippen molar-refractivity contribution in [3.63, 3.8) is 0 Å². The van der Waals surface area contributed by atoms with Crippen molar-refractivity contribution >= 4 is 5.91 Å². The average molecular weight is 238 g/mol. The van der Waals surface area contributed by atoms with Crippen molar-refractivity contribution in [2.24, 2.45) is 17.8 Å². The summed E-state index contributed by atoms with van der Waals surface area (Å²) in [6.07, 6.45) is 3.21. The maximum atomic E-state index is 12.2. The van der Waals surface area contributed by atoms with Crippen molar-refractivity contribution in [3.8, 4) is 0 Å². The van der Waals surface area contributed by atoms with Crippen LogP contribution in [0.1, 0.15) is 40.0 Å². The highest BCUT2D eigenvalue weighted by molar-refractivity contribution is 5.77. The van der Waals surface area contributed by atoms with Gasteiger partial charge in [0.25, 0.3) is 0 Å². The molecule has 0 aliphatic carbocycles. The Bertz CT molecular complexity index is 269. The first-order valence-electron chi connectivity index (χ1n) is 7.09. The summed E-state index contributed by atoms with van der Waals surface area (Å²) in [5, 5.41) is 3.50. The molecule has 2 aliphatic rings. The Kier molecular flexibility index (Phi) is 4.08. The zero-order valence-corrected chi connectivity index (χ0v) is 11.4. The van der Waals surface area contributed by atoms with Crippen LogP contribution in [0.2, 0.25) is 0 Å². The summed E-state index contributed by atoms with van der Waals surface area (Å²) in [7, 11) is 0. The van der Waals surface area contributed by atoms with E-state index in [9.17, 15) is 4.79 Å². The molecule has 2 aliphatic heterocycles. The predicted molar refractivity (Wildman–Crippen MR) is 69.7 cm³/mol. The number of amides is 1.